The van der Waals surface area contributed by atoms with Crippen molar-refractivity contribution in [1.82, 2.24) is 14.8 Å². The summed E-state index contributed by atoms with van der Waals surface area (Å²) >= 11 is 0. The first kappa shape index (κ1) is 12.3. The number of carbonyl (C=O) groups is 1. The summed E-state index contributed by atoms with van der Waals surface area (Å²) in [6.07, 6.45) is 3.50. The van der Waals surface area contributed by atoms with Gasteiger partial charge in [-0.1, -0.05) is 0 Å². The van der Waals surface area contributed by atoms with Gasteiger partial charge < -0.3 is 4.74 Å². The van der Waals surface area contributed by atoms with Gasteiger partial charge in [-0.25, -0.2) is 4.79 Å². The van der Waals surface area contributed by atoms with Gasteiger partial charge in [0.25, 0.3) is 0 Å². The van der Waals surface area contributed by atoms with E-state index in [0.29, 0.717) is 12.3 Å². The summed E-state index contributed by atoms with van der Waals surface area (Å²) in [5, 5.41) is 4.16. The number of hydrogen-bond donors (Lipinski definition) is 0. The molecule has 0 fully saturated rings. The van der Waals surface area contributed by atoms with E-state index in [1.54, 1.807) is 37.1 Å². The largest absolute Gasteiger partial charge is 0.461 e. The lowest BCUT2D eigenvalue weighted by Gasteiger charge is -2.03. The topological polar surface area (TPSA) is 57.0 Å². The summed E-state index contributed by atoms with van der Waals surface area (Å²) in [6.45, 7) is 4.11. The molecule has 0 aliphatic rings. The van der Waals surface area contributed by atoms with Crippen LogP contribution in [0.25, 0.3) is 11.3 Å². The highest BCUT2D eigenvalue weighted by molar-refractivity contribution is 5.88. The Balaban J connectivity index is 2.42. The van der Waals surface area contributed by atoms with Crippen molar-refractivity contribution in [2.45, 2.75) is 13.8 Å². The quantitative estimate of drug-likeness (QED) is 0.776. The number of rotatable bonds is 3. The second-order valence-electron chi connectivity index (χ2n) is 3.95. The molecular weight excluding hydrogens is 230 g/mol. The third kappa shape index (κ3) is 2.25. The molecule has 0 saturated carbocycles. The molecule has 0 aliphatic heterocycles. The van der Waals surface area contributed by atoms with Gasteiger partial charge in [-0.3, -0.25) is 9.67 Å². The number of ether oxygens (including phenoxy) is 1. The fraction of sp³-hybridized carbons (Fsp3) is 0.308. The summed E-state index contributed by atoms with van der Waals surface area (Å²) in [5.41, 5.74) is 3.22. The van der Waals surface area contributed by atoms with E-state index in [0.717, 1.165) is 16.8 Å². The summed E-state index contributed by atoms with van der Waals surface area (Å²) < 4.78 is 6.59. The summed E-state index contributed by atoms with van der Waals surface area (Å²) in [6, 6.07) is 3.65. The van der Waals surface area contributed by atoms with Crippen LogP contribution in [0.15, 0.2) is 24.5 Å². The van der Waals surface area contributed by atoms with Crippen LogP contribution in [0.3, 0.4) is 0 Å². The third-order valence-electron chi connectivity index (χ3n) is 2.68. The van der Waals surface area contributed by atoms with Gasteiger partial charge >= 0.3 is 5.97 Å². The van der Waals surface area contributed by atoms with Crippen LogP contribution in [-0.4, -0.2) is 27.3 Å². The molecule has 0 amide bonds. The molecule has 0 radical (unpaired) electrons. The summed E-state index contributed by atoms with van der Waals surface area (Å²) in [7, 11) is 1.80. The zero-order valence-corrected chi connectivity index (χ0v) is 10.7. The van der Waals surface area contributed by atoms with Crippen molar-refractivity contribution in [3.8, 4) is 11.3 Å². The minimum absolute atomic E-state index is 0.317. The molecule has 2 aromatic heterocycles. The highest BCUT2D eigenvalue weighted by Crippen LogP contribution is 2.22. The van der Waals surface area contributed by atoms with Gasteiger partial charge in [0, 0.05) is 25.0 Å². The van der Waals surface area contributed by atoms with Gasteiger partial charge in [0.1, 0.15) is 0 Å². The molecule has 2 aromatic rings. The lowest BCUT2D eigenvalue weighted by Crippen LogP contribution is -2.05. The lowest BCUT2D eigenvalue weighted by molar-refractivity contribution is 0.0518. The highest BCUT2D eigenvalue weighted by atomic mass is 16.5. The Morgan fingerprint density at radius 2 is 2.28 bits per heavy atom. The predicted octanol–water partition coefficient (Wildman–Crippen LogP) is 1.97. The normalized spacial score (nSPS) is 10.4. The van der Waals surface area contributed by atoms with Gasteiger partial charge in [-0.05, 0) is 31.5 Å². The van der Waals surface area contributed by atoms with Crippen molar-refractivity contribution in [2.75, 3.05) is 6.61 Å². The van der Waals surface area contributed by atoms with E-state index in [2.05, 4.69) is 10.1 Å². The molecule has 0 aliphatic carbocycles. The lowest BCUT2D eigenvalue weighted by atomic mass is 10.1. The highest BCUT2D eigenvalue weighted by Gasteiger charge is 2.15. The molecule has 0 spiro atoms. The average Bonchev–Trinajstić information content (AvgIpc) is 2.72. The second kappa shape index (κ2) is 5.00. The van der Waals surface area contributed by atoms with Crippen molar-refractivity contribution >= 4 is 5.97 Å². The SMILES string of the molecule is CCOC(=O)c1cc(-c2cnccc2C)n(C)n1. The molecule has 2 rings (SSSR count). The Bertz CT molecular complexity index is 575. The minimum Gasteiger partial charge on any atom is -0.461 e. The number of aromatic nitrogens is 3. The van der Waals surface area contributed by atoms with E-state index in [-0.39, 0.29) is 0 Å². The molecule has 94 valence electrons. The Hall–Kier alpha value is -2.17. The number of nitrogens with zero attached hydrogens (tertiary/aromatic N) is 3. The predicted molar refractivity (Wildman–Crippen MR) is 67.1 cm³/mol. The van der Waals surface area contributed by atoms with E-state index >= 15 is 0 Å². The molecule has 5 heteroatoms. The number of esters is 1. The van der Waals surface area contributed by atoms with Gasteiger partial charge in [-0.15, -0.1) is 0 Å². The van der Waals surface area contributed by atoms with Crippen LogP contribution in [0.1, 0.15) is 23.0 Å². The maximum atomic E-state index is 11.6. The standard InChI is InChI=1S/C13H15N3O2/c1-4-18-13(17)11-7-12(16(3)15-11)10-8-14-6-5-9(10)2/h5-8H,4H2,1-3H3. The Labute approximate surface area is 105 Å². The van der Waals surface area contributed by atoms with Crippen LogP contribution in [0, 0.1) is 6.92 Å². The third-order valence-corrected chi connectivity index (χ3v) is 2.68. The number of carbonyl (C=O) groups excluding carboxylic acids is 1. The summed E-state index contributed by atoms with van der Waals surface area (Å²) in [5.74, 6) is -0.402. The molecule has 0 N–H and O–H groups in total. The summed E-state index contributed by atoms with van der Waals surface area (Å²) in [4.78, 5) is 15.7. The maximum Gasteiger partial charge on any atom is 0.358 e. The molecule has 0 aromatic carbocycles. The van der Waals surface area contributed by atoms with Gasteiger partial charge in [-0.2, -0.15) is 5.10 Å². The van der Waals surface area contributed by atoms with Crippen LogP contribution >= 0.6 is 0 Å². The van der Waals surface area contributed by atoms with E-state index in [1.165, 1.54) is 0 Å². The first-order chi connectivity index (χ1) is 8.63. The van der Waals surface area contributed by atoms with E-state index in [9.17, 15) is 4.79 Å². The number of aryl methyl sites for hydroxylation is 2. The second-order valence-corrected chi connectivity index (χ2v) is 3.95. The van der Waals surface area contributed by atoms with E-state index in [1.807, 2.05) is 13.0 Å². The van der Waals surface area contributed by atoms with Crippen LogP contribution in [-0.2, 0) is 11.8 Å². The number of hydrogen-bond acceptors (Lipinski definition) is 4. The Morgan fingerprint density at radius 1 is 1.50 bits per heavy atom. The van der Waals surface area contributed by atoms with Crippen LogP contribution in [0.4, 0.5) is 0 Å². The number of pyridine rings is 1. The smallest absolute Gasteiger partial charge is 0.358 e. The zero-order chi connectivity index (χ0) is 13.1. The zero-order valence-electron chi connectivity index (χ0n) is 10.7. The molecule has 0 saturated heterocycles. The molecule has 5 nitrogen and oxygen atoms in total. The average molecular weight is 245 g/mol. The van der Waals surface area contributed by atoms with Crippen molar-refractivity contribution in [2.24, 2.45) is 7.05 Å². The molecule has 0 bridgehead atoms. The fourth-order valence-corrected chi connectivity index (χ4v) is 1.76. The molecular formula is C13H15N3O2. The minimum atomic E-state index is -0.402. The fourth-order valence-electron chi connectivity index (χ4n) is 1.76. The van der Waals surface area contributed by atoms with Crippen LogP contribution in [0.2, 0.25) is 0 Å². The van der Waals surface area contributed by atoms with E-state index in [4.69, 9.17) is 4.74 Å². The monoisotopic (exact) mass is 245 g/mol. The van der Waals surface area contributed by atoms with Crippen molar-refractivity contribution in [3.05, 3.63) is 35.8 Å². The van der Waals surface area contributed by atoms with Crippen molar-refractivity contribution < 1.29 is 9.53 Å². The Kier molecular flexibility index (Phi) is 3.41. The van der Waals surface area contributed by atoms with Crippen LogP contribution < -0.4 is 0 Å². The van der Waals surface area contributed by atoms with Gasteiger partial charge in [0.05, 0.1) is 12.3 Å². The molecule has 2 heterocycles. The van der Waals surface area contributed by atoms with Gasteiger partial charge in [0.2, 0.25) is 0 Å². The molecule has 0 atom stereocenters. The van der Waals surface area contributed by atoms with E-state index < -0.39 is 5.97 Å². The van der Waals surface area contributed by atoms with Crippen molar-refractivity contribution in [3.63, 3.8) is 0 Å². The van der Waals surface area contributed by atoms with Gasteiger partial charge in [0.15, 0.2) is 5.69 Å². The molecule has 18 heavy (non-hydrogen) atoms. The molecule has 0 unspecified atom stereocenters. The first-order valence-corrected chi connectivity index (χ1v) is 5.75. The van der Waals surface area contributed by atoms with Crippen LogP contribution in [0.5, 0.6) is 0 Å². The Morgan fingerprint density at radius 3 is 2.94 bits per heavy atom. The first-order valence-electron chi connectivity index (χ1n) is 5.75. The maximum absolute atomic E-state index is 11.6. The van der Waals surface area contributed by atoms with Crippen molar-refractivity contribution in [1.29, 1.82) is 0 Å².